The van der Waals surface area contributed by atoms with Crippen molar-refractivity contribution in [3.8, 4) is 0 Å². The van der Waals surface area contributed by atoms with E-state index in [2.05, 4.69) is 0 Å². The van der Waals surface area contributed by atoms with Gasteiger partial charge in [-0.15, -0.1) is 0 Å². The molecule has 2 rings (SSSR count). The van der Waals surface area contributed by atoms with Crippen molar-refractivity contribution in [3.63, 3.8) is 0 Å². The van der Waals surface area contributed by atoms with Gasteiger partial charge in [-0.2, -0.15) is 0 Å². The van der Waals surface area contributed by atoms with Crippen LogP contribution in [0.4, 0.5) is 5.69 Å². The van der Waals surface area contributed by atoms with Crippen LogP contribution in [0.25, 0.3) is 0 Å². The van der Waals surface area contributed by atoms with Gasteiger partial charge in [0.25, 0.3) is 0 Å². The Balaban J connectivity index is 2.53. The maximum absolute atomic E-state index is 12.9. The zero-order chi connectivity index (χ0) is 12.5. The first kappa shape index (κ1) is 11.9. The molecule has 0 heterocycles. The van der Waals surface area contributed by atoms with E-state index in [0.29, 0.717) is 5.69 Å². The minimum Gasteiger partial charge on any atom is -0.399 e. The fourth-order valence-electron chi connectivity index (χ4n) is 1.83. The Morgan fingerprint density at radius 1 is 1.00 bits per heavy atom. The minimum atomic E-state index is -2.53. The number of nitrogens with two attached hydrogens (primary N) is 1. The molecule has 88 valence electrons. The molecule has 0 aromatic heterocycles. The number of hydrogen-bond donors (Lipinski definition) is 1. The highest BCUT2D eigenvalue weighted by atomic mass is 31.2. The molecule has 2 aromatic carbocycles. The predicted molar refractivity (Wildman–Crippen MR) is 74.8 cm³/mol. The van der Waals surface area contributed by atoms with Gasteiger partial charge in [-0.1, -0.05) is 35.9 Å². The molecule has 0 fully saturated rings. The zero-order valence-corrected chi connectivity index (χ0v) is 10.9. The van der Waals surface area contributed by atoms with Crippen molar-refractivity contribution in [1.82, 2.24) is 0 Å². The second-order valence-electron chi connectivity index (χ2n) is 4.36. The van der Waals surface area contributed by atoms with Crippen molar-refractivity contribution in [2.24, 2.45) is 0 Å². The van der Waals surface area contributed by atoms with Crippen LogP contribution in [0, 0.1) is 6.92 Å². The van der Waals surface area contributed by atoms with Gasteiger partial charge in [0.15, 0.2) is 0 Å². The zero-order valence-electron chi connectivity index (χ0n) is 10.1. The van der Waals surface area contributed by atoms with E-state index in [-0.39, 0.29) is 0 Å². The van der Waals surface area contributed by atoms with E-state index >= 15 is 0 Å². The average molecular weight is 245 g/mol. The summed E-state index contributed by atoms with van der Waals surface area (Å²) in [6.07, 6.45) is 0. The fraction of sp³-hybridized carbons (Fsp3) is 0.143. The maximum Gasteiger partial charge on any atom is 0.140 e. The molecule has 2 aromatic rings. The van der Waals surface area contributed by atoms with Crippen LogP contribution in [-0.2, 0) is 4.57 Å². The van der Waals surface area contributed by atoms with E-state index in [1.807, 2.05) is 43.3 Å². The summed E-state index contributed by atoms with van der Waals surface area (Å²) in [5.74, 6) is 0. The van der Waals surface area contributed by atoms with Crippen molar-refractivity contribution in [3.05, 3.63) is 54.1 Å². The standard InChI is InChI=1S/C14H16NOP/c1-11-5-3-7-13(9-11)17(2,16)14-8-4-6-12(15)10-14/h3-10H,15H2,1-2H3. The maximum atomic E-state index is 12.9. The van der Waals surface area contributed by atoms with Crippen LogP contribution in [0.3, 0.4) is 0 Å². The average Bonchev–Trinajstić information content (AvgIpc) is 2.29. The highest BCUT2D eigenvalue weighted by Gasteiger charge is 2.20. The van der Waals surface area contributed by atoms with E-state index in [0.717, 1.165) is 16.2 Å². The summed E-state index contributed by atoms with van der Waals surface area (Å²) in [7, 11) is -2.53. The van der Waals surface area contributed by atoms with Crippen LogP contribution in [0.2, 0.25) is 0 Å². The SMILES string of the molecule is Cc1cccc(P(C)(=O)c2cccc(N)c2)c1. The molecule has 1 unspecified atom stereocenters. The highest BCUT2D eigenvalue weighted by Crippen LogP contribution is 2.39. The van der Waals surface area contributed by atoms with Crippen molar-refractivity contribution in [2.45, 2.75) is 6.92 Å². The smallest absolute Gasteiger partial charge is 0.140 e. The van der Waals surface area contributed by atoms with Gasteiger partial charge in [-0.25, -0.2) is 0 Å². The number of rotatable bonds is 2. The van der Waals surface area contributed by atoms with Gasteiger partial charge >= 0.3 is 0 Å². The van der Waals surface area contributed by atoms with Crippen LogP contribution in [-0.4, -0.2) is 6.66 Å². The molecule has 0 aliphatic carbocycles. The topological polar surface area (TPSA) is 43.1 Å². The predicted octanol–water partition coefficient (Wildman–Crippen LogP) is 2.52. The number of nitrogen functional groups attached to an aromatic ring is 1. The highest BCUT2D eigenvalue weighted by molar-refractivity contribution is 7.78. The number of anilines is 1. The molecule has 0 aliphatic rings. The lowest BCUT2D eigenvalue weighted by atomic mass is 10.2. The molecule has 0 saturated heterocycles. The normalized spacial score (nSPS) is 14.2. The van der Waals surface area contributed by atoms with Crippen LogP contribution >= 0.6 is 7.14 Å². The van der Waals surface area contributed by atoms with Gasteiger partial charge in [0.2, 0.25) is 0 Å². The Kier molecular flexibility index (Phi) is 3.08. The lowest BCUT2D eigenvalue weighted by Crippen LogP contribution is -2.15. The second-order valence-corrected chi connectivity index (χ2v) is 7.24. The summed E-state index contributed by atoms with van der Waals surface area (Å²) >= 11 is 0. The van der Waals surface area contributed by atoms with Gasteiger partial charge in [0, 0.05) is 16.3 Å². The van der Waals surface area contributed by atoms with E-state index in [4.69, 9.17) is 5.73 Å². The minimum absolute atomic E-state index is 0.650. The summed E-state index contributed by atoms with van der Waals surface area (Å²) in [4.78, 5) is 0. The summed E-state index contributed by atoms with van der Waals surface area (Å²) in [6, 6.07) is 15.1. The Labute approximate surface area is 102 Å². The number of hydrogen-bond acceptors (Lipinski definition) is 2. The first-order valence-corrected chi connectivity index (χ1v) is 7.66. The van der Waals surface area contributed by atoms with Gasteiger partial charge in [0.1, 0.15) is 7.14 Å². The van der Waals surface area contributed by atoms with E-state index < -0.39 is 7.14 Å². The van der Waals surface area contributed by atoms with Crippen LogP contribution in [0.5, 0.6) is 0 Å². The van der Waals surface area contributed by atoms with Gasteiger partial charge < -0.3 is 10.3 Å². The first-order valence-electron chi connectivity index (χ1n) is 5.51. The molecule has 0 spiro atoms. The molecular formula is C14H16NOP. The molecular weight excluding hydrogens is 229 g/mol. The summed E-state index contributed by atoms with van der Waals surface area (Å²) in [5.41, 5.74) is 7.51. The van der Waals surface area contributed by atoms with E-state index in [1.165, 1.54) is 0 Å². The van der Waals surface area contributed by atoms with Crippen molar-refractivity contribution in [1.29, 1.82) is 0 Å². The molecule has 2 N–H and O–H groups in total. The molecule has 0 radical (unpaired) electrons. The van der Waals surface area contributed by atoms with Gasteiger partial charge in [-0.3, -0.25) is 0 Å². The van der Waals surface area contributed by atoms with Crippen molar-refractivity contribution >= 4 is 23.4 Å². The van der Waals surface area contributed by atoms with E-state index in [1.54, 1.807) is 18.8 Å². The third-order valence-electron chi connectivity index (χ3n) is 2.86. The Morgan fingerprint density at radius 3 is 2.18 bits per heavy atom. The number of aryl methyl sites for hydroxylation is 1. The fourth-order valence-corrected chi connectivity index (χ4v) is 3.72. The third-order valence-corrected chi connectivity index (χ3v) is 5.38. The molecule has 0 saturated carbocycles. The Hall–Kier alpha value is -1.53. The summed E-state index contributed by atoms with van der Waals surface area (Å²) in [6.45, 7) is 3.79. The lowest BCUT2D eigenvalue weighted by Gasteiger charge is -2.14. The summed E-state index contributed by atoms with van der Waals surface area (Å²) < 4.78 is 12.9. The lowest BCUT2D eigenvalue weighted by molar-refractivity contribution is 0.590. The van der Waals surface area contributed by atoms with E-state index in [9.17, 15) is 4.57 Å². The Morgan fingerprint density at radius 2 is 1.59 bits per heavy atom. The second kappa shape index (κ2) is 4.38. The van der Waals surface area contributed by atoms with Crippen LogP contribution in [0.15, 0.2) is 48.5 Å². The van der Waals surface area contributed by atoms with Crippen molar-refractivity contribution in [2.75, 3.05) is 12.4 Å². The molecule has 0 aliphatic heterocycles. The summed E-state index contributed by atoms with van der Waals surface area (Å²) in [5, 5.41) is 1.69. The largest absolute Gasteiger partial charge is 0.399 e. The van der Waals surface area contributed by atoms with Crippen LogP contribution < -0.4 is 16.3 Å². The Bertz CT molecular complexity index is 543. The monoisotopic (exact) mass is 245 g/mol. The molecule has 3 heteroatoms. The van der Waals surface area contributed by atoms with Crippen molar-refractivity contribution < 1.29 is 4.57 Å². The molecule has 17 heavy (non-hydrogen) atoms. The molecule has 0 amide bonds. The first-order chi connectivity index (χ1) is 8.00. The van der Waals surface area contributed by atoms with Crippen LogP contribution in [0.1, 0.15) is 5.56 Å². The van der Waals surface area contributed by atoms with Gasteiger partial charge in [0.05, 0.1) is 0 Å². The molecule has 1 atom stereocenters. The third kappa shape index (κ3) is 2.42. The van der Waals surface area contributed by atoms with Gasteiger partial charge in [-0.05, 0) is 31.8 Å². The molecule has 0 bridgehead atoms. The number of benzene rings is 2. The quantitative estimate of drug-likeness (QED) is 0.652. The molecule has 2 nitrogen and oxygen atoms in total.